The highest BCUT2D eigenvalue weighted by Crippen LogP contribution is 2.14. The number of phenolic OH excluding ortho intramolecular Hbond substituents is 1. The van der Waals surface area contributed by atoms with Crippen LogP contribution in [0.1, 0.15) is 77.3 Å². The first-order valence-electron chi connectivity index (χ1n) is 19.9. The Kier molecular flexibility index (Phi) is 21.0. The largest absolute Gasteiger partial charge is 0.508 e. The topological polar surface area (TPSA) is 331 Å². The van der Waals surface area contributed by atoms with Crippen molar-refractivity contribution in [2.75, 3.05) is 6.54 Å². The molecule has 5 amide bonds. The molecule has 0 saturated heterocycles. The van der Waals surface area contributed by atoms with Crippen molar-refractivity contribution in [3.8, 4) is 5.75 Å². The molecule has 0 aliphatic heterocycles. The molecule has 0 bridgehead atoms. The Balaban J connectivity index is 2.31. The van der Waals surface area contributed by atoms with E-state index in [9.17, 15) is 48.9 Å². The number of benzene rings is 2. The number of nitrogens with zero attached hydrogens (tertiary/aromatic N) is 1. The SMILES string of the molecule is CC[C@H](C)[C@H](NC(=O)[C@H](CCCN=C(N)N)NC(=O)[C@@H](N)Cc1ccc(O)cc1)C(=O)N[C@@H](CC(C)C)C(=O)N[C@@H](CCC(=O)O)C(=O)N[C@@H](Cc1ccccc1)C(=O)O. The monoisotopic (exact) mass is 839 g/mol. The van der Waals surface area contributed by atoms with Crippen LogP contribution in [-0.4, -0.2) is 106 Å². The van der Waals surface area contributed by atoms with Crippen molar-refractivity contribution in [2.45, 2.75) is 115 Å². The van der Waals surface area contributed by atoms with Crippen LogP contribution in [0.5, 0.6) is 5.75 Å². The average molecular weight is 840 g/mol. The first-order chi connectivity index (χ1) is 28.3. The second kappa shape index (κ2) is 25.3. The molecule has 0 aliphatic carbocycles. The second-order valence-corrected chi connectivity index (χ2v) is 15.1. The van der Waals surface area contributed by atoms with E-state index in [0.29, 0.717) is 17.5 Å². The Labute approximate surface area is 349 Å². The summed E-state index contributed by atoms with van der Waals surface area (Å²) in [4.78, 5) is 96.0. The summed E-state index contributed by atoms with van der Waals surface area (Å²) >= 11 is 0. The first kappa shape index (κ1) is 49.9. The third kappa shape index (κ3) is 18.1. The highest BCUT2D eigenvalue weighted by atomic mass is 16.4. The fourth-order valence-corrected chi connectivity index (χ4v) is 6.08. The zero-order chi connectivity index (χ0) is 44.9. The number of guanidine groups is 1. The number of nitrogens with two attached hydrogens (primary N) is 3. The third-order valence-corrected chi connectivity index (χ3v) is 9.62. The van der Waals surface area contributed by atoms with Crippen LogP contribution in [0.15, 0.2) is 59.6 Å². The molecule has 60 heavy (non-hydrogen) atoms. The second-order valence-electron chi connectivity index (χ2n) is 15.1. The summed E-state index contributed by atoms with van der Waals surface area (Å²) < 4.78 is 0. The molecule has 7 atom stereocenters. The fraction of sp³-hybridized carbons (Fsp3) is 0.512. The minimum atomic E-state index is -1.48. The number of amides is 5. The maximum atomic E-state index is 14.0. The van der Waals surface area contributed by atoms with Crippen LogP contribution in [0, 0.1) is 11.8 Å². The number of hydrogen-bond acceptors (Lipinski definition) is 10. The number of carbonyl (C=O) groups is 7. The number of rotatable bonds is 26. The quantitative estimate of drug-likeness (QED) is 0.0339. The molecule has 0 unspecified atom stereocenters. The van der Waals surface area contributed by atoms with Gasteiger partial charge in [0.2, 0.25) is 29.5 Å². The van der Waals surface area contributed by atoms with E-state index in [0.717, 1.165) is 0 Å². The minimum absolute atomic E-state index is 0.0403. The van der Waals surface area contributed by atoms with Gasteiger partial charge in [-0.2, -0.15) is 0 Å². The lowest BCUT2D eigenvalue weighted by Gasteiger charge is -2.30. The van der Waals surface area contributed by atoms with Gasteiger partial charge in [0.25, 0.3) is 0 Å². The van der Waals surface area contributed by atoms with E-state index >= 15 is 0 Å². The molecule has 0 saturated carbocycles. The van der Waals surface area contributed by atoms with Gasteiger partial charge in [0.05, 0.1) is 6.04 Å². The van der Waals surface area contributed by atoms with E-state index in [-0.39, 0.29) is 62.7 Å². The molecule has 0 radical (unpaired) electrons. The van der Waals surface area contributed by atoms with Gasteiger partial charge in [-0.1, -0.05) is 76.6 Å². The van der Waals surface area contributed by atoms with E-state index < -0.39 is 90.1 Å². The van der Waals surface area contributed by atoms with Crippen LogP contribution in [0.4, 0.5) is 0 Å². The van der Waals surface area contributed by atoms with Gasteiger partial charge in [-0.3, -0.25) is 33.8 Å². The maximum absolute atomic E-state index is 14.0. The van der Waals surface area contributed by atoms with E-state index in [2.05, 4.69) is 31.6 Å². The minimum Gasteiger partial charge on any atom is -0.508 e. The van der Waals surface area contributed by atoms with Crippen LogP contribution in [0.25, 0.3) is 0 Å². The van der Waals surface area contributed by atoms with Crippen LogP contribution >= 0.6 is 0 Å². The lowest BCUT2D eigenvalue weighted by molar-refractivity contribution is -0.143. The average Bonchev–Trinajstić information content (AvgIpc) is 3.19. The van der Waals surface area contributed by atoms with Gasteiger partial charge in [-0.15, -0.1) is 0 Å². The number of aliphatic imine (C=N–C) groups is 1. The lowest BCUT2D eigenvalue weighted by Crippen LogP contribution is -2.60. The van der Waals surface area contributed by atoms with Crippen LogP contribution in [-0.2, 0) is 46.4 Å². The first-order valence-corrected chi connectivity index (χ1v) is 19.9. The normalized spacial score (nSPS) is 14.5. The van der Waals surface area contributed by atoms with Crippen molar-refractivity contribution in [2.24, 2.45) is 34.0 Å². The summed E-state index contributed by atoms with van der Waals surface area (Å²) in [5.74, 6) is -7.26. The molecule has 0 aromatic heterocycles. The van der Waals surface area contributed by atoms with Crippen molar-refractivity contribution in [1.29, 1.82) is 0 Å². The summed E-state index contributed by atoms with van der Waals surface area (Å²) in [6, 6.07) is 7.02. The zero-order valence-electron chi connectivity index (χ0n) is 34.6. The van der Waals surface area contributed by atoms with Crippen molar-refractivity contribution in [3.63, 3.8) is 0 Å². The number of aliphatic carboxylic acids is 2. The van der Waals surface area contributed by atoms with E-state index in [1.807, 2.05) is 0 Å². The van der Waals surface area contributed by atoms with Gasteiger partial charge in [0.1, 0.15) is 36.0 Å². The van der Waals surface area contributed by atoms with Crippen molar-refractivity contribution in [1.82, 2.24) is 26.6 Å². The van der Waals surface area contributed by atoms with Crippen LogP contribution < -0.4 is 43.8 Å². The summed E-state index contributed by atoms with van der Waals surface area (Å²) in [6.45, 7) is 7.22. The molecule has 2 aromatic carbocycles. The number of carboxylic acids is 2. The van der Waals surface area contributed by atoms with Gasteiger partial charge in [0.15, 0.2) is 5.96 Å². The van der Waals surface area contributed by atoms with Crippen LogP contribution in [0.3, 0.4) is 0 Å². The number of nitrogens with one attached hydrogen (secondary N) is 5. The Bertz CT molecular complexity index is 1770. The Hall–Kier alpha value is -6.24. The van der Waals surface area contributed by atoms with E-state index in [1.54, 1.807) is 70.2 Å². The van der Waals surface area contributed by atoms with E-state index in [1.165, 1.54) is 12.1 Å². The van der Waals surface area contributed by atoms with Crippen molar-refractivity contribution >= 4 is 47.4 Å². The molecule has 330 valence electrons. The Morgan fingerprint density at radius 1 is 0.667 bits per heavy atom. The van der Waals surface area contributed by atoms with Crippen molar-refractivity contribution < 1.29 is 48.9 Å². The van der Waals surface area contributed by atoms with E-state index in [4.69, 9.17) is 17.2 Å². The smallest absolute Gasteiger partial charge is 0.326 e. The Morgan fingerprint density at radius 2 is 1.20 bits per heavy atom. The molecule has 2 rings (SSSR count). The number of carboxylic acid groups (broad SMARTS) is 2. The summed E-state index contributed by atoms with van der Waals surface area (Å²) in [6.07, 6.45) is -0.111. The van der Waals surface area contributed by atoms with Gasteiger partial charge >= 0.3 is 11.9 Å². The summed E-state index contributed by atoms with van der Waals surface area (Å²) in [7, 11) is 0. The molecule has 0 aliphatic rings. The highest BCUT2D eigenvalue weighted by molar-refractivity contribution is 5.96. The predicted molar refractivity (Wildman–Crippen MR) is 223 cm³/mol. The molecule has 19 heteroatoms. The number of phenols is 1. The number of hydrogen-bond donors (Lipinski definition) is 11. The Morgan fingerprint density at radius 3 is 1.77 bits per heavy atom. The van der Waals surface area contributed by atoms with Crippen LogP contribution in [0.2, 0.25) is 0 Å². The molecule has 0 spiro atoms. The molecule has 0 fully saturated rings. The summed E-state index contributed by atoms with van der Waals surface area (Å²) in [5, 5.41) is 41.8. The van der Waals surface area contributed by atoms with Gasteiger partial charge < -0.3 is 59.1 Å². The molecular weight excluding hydrogens is 779 g/mol. The number of aromatic hydroxyl groups is 1. The van der Waals surface area contributed by atoms with Gasteiger partial charge in [0, 0.05) is 19.4 Å². The standard InChI is InChI=1S/C41H61N9O10/c1-5-24(4)34(50-37(56)29(12-9-19-45-41(43)44)46-35(54)28(42)21-26-13-15-27(51)16-14-26)39(58)48-31(20-23(2)3)38(57)47-30(17-18-33(52)53)36(55)49-32(40(59)60)22-25-10-7-6-8-11-25/h6-8,10-11,13-16,23-24,28-32,34,51H,5,9,12,17-22,42H2,1-4H3,(H,46,54)(H,47,57)(H,48,58)(H,49,55)(H,50,56)(H,52,53)(H,59,60)(H4,43,44,45)/t24-,28-,29-,30-,31-,32-,34-/m0/s1. The van der Waals surface area contributed by atoms with Crippen molar-refractivity contribution in [3.05, 3.63) is 65.7 Å². The molecule has 0 heterocycles. The van der Waals surface area contributed by atoms with Gasteiger partial charge in [-0.25, -0.2) is 4.79 Å². The zero-order valence-corrected chi connectivity index (χ0v) is 34.6. The molecule has 14 N–H and O–H groups in total. The predicted octanol–water partition coefficient (Wildman–Crippen LogP) is 0.0239. The number of carbonyl (C=O) groups excluding carboxylic acids is 5. The maximum Gasteiger partial charge on any atom is 0.326 e. The molecule has 2 aromatic rings. The highest BCUT2D eigenvalue weighted by Gasteiger charge is 2.35. The molecular formula is C41H61N9O10. The third-order valence-electron chi connectivity index (χ3n) is 9.62. The molecule has 19 nitrogen and oxygen atoms in total. The summed E-state index contributed by atoms with van der Waals surface area (Å²) in [5.41, 5.74) is 18.4. The fourth-order valence-electron chi connectivity index (χ4n) is 6.08. The van der Waals surface area contributed by atoms with Gasteiger partial charge in [-0.05, 0) is 67.2 Å². The lowest BCUT2D eigenvalue weighted by atomic mass is 9.96.